The van der Waals surface area contributed by atoms with Crippen LogP contribution >= 0.6 is 0 Å². The van der Waals surface area contributed by atoms with Crippen molar-refractivity contribution in [3.8, 4) is 0 Å². The molecule has 0 spiro atoms. The van der Waals surface area contributed by atoms with E-state index in [0.29, 0.717) is 18.0 Å². The van der Waals surface area contributed by atoms with Crippen LogP contribution in [0.5, 0.6) is 0 Å². The molecular weight excluding hydrogens is 250 g/mol. The van der Waals surface area contributed by atoms with Crippen LogP contribution in [0, 0.1) is 5.92 Å². The Morgan fingerprint density at radius 2 is 2.15 bits per heavy atom. The van der Waals surface area contributed by atoms with Gasteiger partial charge in [-0.15, -0.1) is 0 Å². The number of nitrogens with two attached hydrogens (primary N) is 1. The van der Waals surface area contributed by atoms with Gasteiger partial charge in [0.2, 0.25) is 5.91 Å². The lowest BCUT2D eigenvalue weighted by atomic mass is 9.83. The molecule has 1 saturated carbocycles. The highest BCUT2D eigenvalue weighted by molar-refractivity contribution is 5.85. The lowest BCUT2D eigenvalue weighted by molar-refractivity contribution is -0.126. The van der Waals surface area contributed by atoms with Crippen LogP contribution in [0.3, 0.4) is 0 Å². The first-order chi connectivity index (χ1) is 9.45. The zero-order valence-electron chi connectivity index (χ0n) is 13.3. The molecule has 4 heteroatoms. The van der Waals surface area contributed by atoms with Crippen molar-refractivity contribution in [1.82, 2.24) is 10.2 Å². The minimum Gasteiger partial charge on any atom is -0.368 e. The highest BCUT2D eigenvalue weighted by atomic mass is 16.1. The molecule has 4 nitrogen and oxygen atoms in total. The first-order valence-electron chi connectivity index (χ1n) is 8.27. The molecule has 2 fully saturated rings. The van der Waals surface area contributed by atoms with Crippen LogP contribution in [0.4, 0.5) is 0 Å². The number of nitrogens with one attached hydrogen (secondary N) is 1. The number of rotatable bonds is 6. The molecule has 0 aromatic heterocycles. The van der Waals surface area contributed by atoms with Crippen molar-refractivity contribution in [2.24, 2.45) is 11.7 Å². The van der Waals surface area contributed by atoms with Crippen LogP contribution in [0.15, 0.2) is 0 Å². The largest absolute Gasteiger partial charge is 0.368 e. The summed E-state index contributed by atoms with van der Waals surface area (Å²) in [5.41, 5.74) is 5.31. The molecule has 1 heterocycles. The summed E-state index contributed by atoms with van der Waals surface area (Å²) in [5, 5.41) is 3.50. The zero-order chi connectivity index (χ0) is 14.8. The summed E-state index contributed by atoms with van der Waals surface area (Å²) < 4.78 is 0. The molecule has 0 aromatic rings. The number of carbonyl (C=O) groups excluding carboxylic acids is 1. The third-order valence-corrected chi connectivity index (χ3v) is 5.26. The van der Waals surface area contributed by atoms with Crippen LogP contribution in [0.1, 0.15) is 59.3 Å². The molecule has 2 rings (SSSR count). The Kier molecular flexibility index (Phi) is 5.08. The number of hydrogen-bond acceptors (Lipinski definition) is 3. The molecule has 1 amide bonds. The van der Waals surface area contributed by atoms with E-state index < -0.39 is 5.54 Å². The maximum atomic E-state index is 12.1. The average molecular weight is 281 g/mol. The predicted octanol–water partition coefficient (Wildman–Crippen LogP) is 1.88. The molecule has 1 aliphatic heterocycles. The number of primary amides is 1. The van der Waals surface area contributed by atoms with Crippen molar-refractivity contribution < 1.29 is 4.79 Å². The molecule has 3 atom stereocenters. The predicted molar refractivity (Wildman–Crippen MR) is 82.4 cm³/mol. The summed E-state index contributed by atoms with van der Waals surface area (Å²) in [6.07, 6.45) is 6.87. The molecule has 1 aliphatic carbocycles. The number of amides is 1. The highest BCUT2D eigenvalue weighted by Gasteiger charge is 2.47. The van der Waals surface area contributed by atoms with E-state index >= 15 is 0 Å². The fraction of sp³-hybridized carbons (Fsp3) is 0.938. The summed E-state index contributed by atoms with van der Waals surface area (Å²) in [5.74, 6) is 0.248. The molecule has 20 heavy (non-hydrogen) atoms. The highest BCUT2D eigenvalue weighted by Crippen LogP contribution is 2.38. The minimum atomic E-state index is -0.461. The summed E-state index contributed by atoms with van der Waals surface area (Å²) in [7, 11) is 0. The number of likely N-dealkylation sites (tertiary alicyclic amines) is 1. The van der Waals surface area contributed by atoms with Crippen molar-refractivity contribution in [2.75, 3.05) is 13.1 Å². The maximum absolute atomic E-state index is 12.1. The van der Waals surface area contributed by atoms with E-state index in [0.717, 1.165) is 32.2 Å². The second kappa shape index (κ2) is 6.44. The van der Waals surface area contributed by atoms with Crippen LogP contribution in [0.25, 0.3) is 0 Å². The van der Waals surface area contributed by atoms with Gasteiger partial charge in [-0.3, -0.25) is 4.79 Å². The quantitative estimate of drug-likeness (QED) is 0.781. The molecule has 3 N–H and O–H groups in total. The lowest BCUT2D eigenvalue weighted by Crippen LogP contribution is -2.60. The number of nitrogens with zero attached hydrogens (tertiary/aromatic N) is 1. The van der Waals surface area contributed by atoms with E-state index in [1.54, 1.807) is 0 Å². The third kappa shape index (κ3) is 3.17. The average Bonchev–Trinajstić information content (AvgIpc) is 2.93. The topological polar surface area (TPSA) is 58.4 Å². The van der Waals surface area contributed by atoms with Gasteiger partial charge in [0.1, 0.15) is 5.54 Å². The molecular formula is C16H31N3O. The Morgan fingerprint density at radius 3 is 2.70 bits per heavy atom. The molecule has 0 bridgehead atoms. The standard InChI is InChI=1S/C16H31N3O/c1-12(2)18-16(15(17)20)9-4-7-14(16)8-11-19-10-5-6-13(19)3/h12-14,18H,4-11H2,1-3H3,(H2,17,20). The van der Waals surface area contributed by atoms with Crippen LogP contribution in [-0.4, -0.2) is 41.5 Å². The lowest BCUT2D eigenvalue weighted by Gasteiger charge is -2.36. The molecule has 116 valence electrons. The van der Waals surface area contributed by atoms with Crippen molar-refractivity contribution in [3.63, 3.8) is 0 Å². The summed E-state index contributed by atoms with van der Waals surface area (Å²) in [4.78, 5) is 14.6. The smallest absolute Gasteiger partial charge is 0.238 e. The Labute approximate surface area is 123 Å². The number of carbonyl (C=O) groups is 1. The molecule has 1 saturated heterocycles. The summed E-state index contributed by atoms with van der Waals surface area (Å²) in [6.45, 7) is 8.84. The van der Waals surface area contributed by atoms with Gasteiger partial charge >= 0.3 is 0 Å². The van der Waals surface area contributed by atoms with E-state index in [4.69, 9.17) is 5.73 Å². The van der Waals surface area contributed by atoms with E-state index in [1.165, 1.54) is 19.4 Å². The number of hydrogen-bond donors (Lipinski definition) is 2. The summed E-state index contributed by atoms with van der Waals surface area (Å²) in [6, 6.07) is 1.01. The second-order valence-corrected chi connectivity index (χ2v) is 7.04. The Hall–Kier alpha value is -0.610. The van der Waals surface area contributed by atoms with Crippen molar-refractivity contribution in [2.45, 2.75) is 76.9 Å². The molecule has 2 aliphatic rings. The van der Waals surface area contributed by atoms with Crippen LogP contribution < -0.4 is 11.1 Å². The van der Waals surface area contributed by atoms with Crippen molar-refractivity contribution >= 4 is 5.91 Å². The van der Waals surface area contributed by atoms with E-state index in [1.807, 2.05) is 0 Å². The van der Waals surface area contributed by atoms with Gasteiger partial charge in [0.15, 0.2) is 0 Å². The Morgan fingerprint density at radius 1 is 1.40 bits per heavy atom. The Balaban J connectivity index is 1.99. The molecule has 3 unspecified atom stereocenters. The zero-order valence-corrected chi connectivity index (χ0v) is 13.3. The van der Waals surface area contributed by atoms with Crippen LogP contribution in [0.2, 0.25) is 0 Å². The normalized spacial score (nSPS) is 35.0. The van der Waals surface area contributed by atoms with Gasteiger partial charge in [-0.2, -0.15) is 0 Å². The SMILES string of the molecule is CC(C)NC1(C(N)=O)CCCC1CCN1CCCC1C. The van der Waals surface area contributed by atoms with Crippen LogP contribution in [-0.2, 0) is 4.79 Å². The van der Waals surface area contributed by atoms with Gasteiger partial charge in [0, 0.05) is 12.1 Å². The van der Waals surface area contributed by atoms with Crippen molar-refractivity contribution in [3.05, 3.63) is 0 Å². The second-order valence-electron chi connectivity index (χ2n) is 7.04. The third-order valence-electron chi connectivity index (χ3n) is 5.26. The maximum Gasteiger partial charge on any atom is 0.238 e. The molecule has 0 radical (unpaired) electrons. The monoisotopic (exact) mass is 281 g/mol. The minimum absolute atomic E-state index is 0.150. The summed E-state index contributed by atoms with van der Waals surface area (Å²) >= 11 is 0. The molecule has 0 aromatic carbocycles. The van der Waals surface area contributed by atoms with Gasteiger partial charge < -0.3 is 16.0 Å². The van der Waals surface area contributed by atoms with Gasteiger partial charge in [0.05, 0.1) is 0 Å². The van der Waals surface area contributed by atoms with Crippen molar-refractivity contribution in [1.29, 1.82) is 0 Å². The van der Waals surface area contributed by atoms with Gasteiger partial charge in [0.25, 0.3) is 0 Å². The van der Waals surface area contributed by atoms with E-state index in [9.17, 15) is 4.79 Å². The fourth-order valence-corrected chi connectivity index (χ4v) is 4.22. The van der Waals surface area contributed by atoms with Gasteiger partial charge in [-0.25, -0.2) is 0 Å². The van der Waals surface area contributed by atoms with E-state index in [-0.39, 0.29) is 5.91 Å². The van der Waals surface area contributed by atoms with E-state index in [2.05, 4.69) is 31.0 Å². The first kappa shape index (κ1) is 15.8. The van der Waals surface area contributed by atoms with Gasteiger partial charge in [-0.05, 0) is 71.9 Å². The van der Waals surface area contributed by atoms with Gasteiger partial charge in [-0.1, -0.05) is 6.42 Å². The fourth-order valence-electron chi connectivity index (χ4n) is 4.22. The first-order valence-corrected chi connectivity index (χ1v) is 8.27. The Bertz CT molecular complexity index is 345.